The Kier molecular flexibility index (Phi) is 3.50. The van der Waals surface area contributed by atoms with Crippen molar-refractivity contribution in [1.29, 1.82) is 0 Å². The summed E-state index contributed by atoms with van der Waals surface area (Å²) >= 11 is 6.08. The SMILES string of the molecule is Cn1ncc(NC2CCN3CCCC3C2)c(Cl)c1=O. The van der Waals surface area contributed by atoms with Gasteiger partial charge in [0.05, 0.1) is 11.9 Å². The third kappa shape index (κ3) is 2.49. The first-order valence-electron chi connectivity index (χ1n) is 6.87. The van der Waals surface area contributed by atoms with Gasteiger partial charge in [0.15, 0.2) is 0 Å². The number of fused-ring (bicyclic) bond motifs is 1. The number of piperidine rings is 1. The highest BCUT2D eigenvalue weighted by Gasteiger charge is 2.31. The van der Waals surface area contributed by atoms with Gasteiger partial charge in [0.1, 0.15) is 5.02 Å². The van der Waals surface area contributed by atoms with Crippen LogP contribution in [0.3, 0.4) is 0 Å². The molecule has 1 aromatic heterocycles. The lowest BCUT2D eigenvalue weighted by molar-refractivity contribution is 0.188. The minimum atomic E-state index is -0.245. The Bertz CT molecular complexity index is 530. The molecule has 104 valence electrons. The number of hydrogen-bond acceptors (Lipinski definition) is 4. The topological polar surface area (TPSA) is 50.2 Å². The van der Waals surface area contributed by atoms with Crippen LogP contribution >= 0.6 is 11.6 Å². The fraction of sp³-hybridized carbons (Fsp3) is 0.692. The predicted octanol–water partition coefficient (Wildman–Crippen LogP) is 1.47. The number of hydrogen-bond donors (Lipinski definition) is 1. The second-order valence-electron chi connectivity index (χ2n) is 5.50. The van der Waals surface area contributed by atoms with Crippen LogP contribution in [0.4, 0.5) is 5.69 Å². The smallest absolute Gasteiger partial charge is 0.287 e. The molecular formula is C13H19ClN4O. The Morgan fingerprint density at radius 1 is 1.42 bits per heavy atom. The predicted molar refractivity (Wildman–Crippen MR) is 75.7 cm³/mol. The Hall–Kier alpha value is -1.07. The largest absolute Gasteiger partial charge is 0.380 e. The van der Waals surface area contributed by atoms with Crippen molar-refractivity contribution < 1.29 is 0 Å². The van der Waals surface area contributed by atoms with E-state index < -0.39 is 0 Å². The van der Waals surface area contributed by atoms with Crippen LogP contribution < -0.4 is 10.9 Å². The van der Waals surface area contributed by atoms with Gasteiger partial charge in [0, 0.05) is 25.7 Å². The number of nitrogens with one attached hydrogen (secondary N) is 1. The molecule has 6 heteroatoms. The average Bonchev–Trinajstić information content (AvgIpc) is 2.87. The lowest BCUT2D eigenvalue weighted by Crippen LogP contribution is -2.43. The molecular weight excluding hydrogens is 264 g/mol. The molecule has 0 aromatic carbocycles. The van der Waals surface area contributed by atoms with Gasteiger partial charge in [-0.2, -0.15) is 5.10 Å². The maximum atomic E-state index is 11.7. The van der Waals surface area contributed by atoms with E-state index in [9.17, 15) is 4.79 Å². The van der Waals surface area contributed by atoms with Crippen molar-refractivity contribution >= 4 is 17.3 Å². The second-order valence-corrected chi connectivity index (χ2v) is 5.88. The fourth-order valence-corrected chi connectivity index (χ4v) is 3.41. The molecule has 1 N–H and O–H groups in total. The second kappa shape index (κ2) is 5.13. The summed E-state index contributed by atoms with van der Waals surface area (Å²) in [5.41, 5.74) is 0.422. The normalized spacial score (nSPS) is 27.3. The van der Waals surface area contributed by atoms with E-state index in [2.05, 4.69) is 15.3 Å². The number of anilines is 1. The van der Waals surface area contributed by atoms with Crippen LogP contribution in [0.1, 0.15) is 25.7 Å². The number of nitrogens with zero attached hydrogens (tertiary/aromatic N) is 3. The molecule has 2 atom stereocenters. The van der Waals surface area contributed by atoms with Crippen LogP contribution in [-0.2, 0) is 7.05 Å². The Morgan fingerprint density at radius 3 is 3.11 bits per heavy atom. The molecule has 2 aliphatic heterocycles. The van der Waals surface area contributed by atoms with Crippen LogP contribution in [0.15, 0.2) is 11.0 Å². The molecule has 19 heavy (non-hydrogen) atoms. The molecule has 2 fully saturated rings. The van der Waals surface area contributed by atoms with Crippen molar-refractivity contribution in [1.82, 2.24) is 14.7 Å². The van der Waals surface area contributed by atoms with Crippen molar-refractivity contribution in [3.05, 3.63) is 21.6 Å². The summed E-state index contributed by atoms with van der Waals surface area (Å²) in [6.07, 6.45) is 6.48. The number of aromatic nitrogens is 2. The van der Waals surface area contributed by atoms with Gasteiger partial charge in [0.25, 0.3) is 5.56 Å². The van der Waals surface area contributed by atoms with Crippen LogP contribution in [-0.4, -0.2) is 39.9 Å². The third-order valence-electron chi connectivity index (χ3n) is 4.26. The Morgan fingerprint density at radius 2 is 2.26 bits per heavy atom. The van der Waals surface area contributed by atoms with Gasteiger partial charge in [-0.3, -0.25) is 4.79 Å². The zero-order valence-corrected chi connectivity index (χ0v) is 11.9. The summed E-state index contributed by atoms with van der Waals surface area (Å²) in [5, 5.41) is 7.66. The minimum absolute atomic E-state index is 0.242. The Labute approximate surface area is 117 Å². The standard InChI is InChI=1S/C13H19ClN4O/c1-17-13(19)12(14)11(8-15-17)16-9-4-6-18-5-2-3-10(18)7-9/h8-10,16H,2-7H2,1H3. The summed E-state index contributed by atoms with van der Waals surface area (Å²) in [5.74, 6) is 0. The van der Waals surface area contributed by atoms with Crippen LogP contribution in [0.5, 0.6) is 0 Å². The third-order valence-corrected chi connectivity index (χ3v) is 4.62. The van der Waals surface area contributed by atoms with Crippen molar-refractivity contribution in [3.8, 4) is 0 Å². The summed E-state index contributed by atoms with van der Waals surface area (Å²) in [6.45, 7) is 2.38. The molecule has 0 saturated carbocycles. The van der Waals surface area contributed by atoms with E-state index in [4.69, 9.17) is 11.6 Å². The van der Waals surface area contributed by atoms with Crippen molar-refractivity contribution in [3.63, 3.8) is 0 Å². The summed E-state index contributed by atoms with van der Waals surface area (Å²) in [7, 11) is 1.61. The maximum Gasteiger partial charge on any atom is 0.287 e. The van der Waals surface area contributed by atoms with E-state index in [1.807, 2.05) is 0 Å². The van der Waals surface area contributed by atoms with Gasteiger partial charge in [0.2, 0.25) is 0 Å². The first-order chi connectivity index (χ1) is 9.15. The number of rotatable bonds is 2. The van der Waals surface area contributed by atoms with Crippen LogP contribution in [0.25, 0.3) is 0 Å². The summed E-state index contributed by atoms with van der Waals surface area (Å²) in [6, 6.07) is 1.09. The van der Waals surface area contributed by atoms with Gasteiger partial charge in [-0.05, 0) is 32.2 Å². The molecule has 0 amide bonds. The molecule has 3 heterocycles. The minimum Gasteiger partial charge on any atom is -0.380 e. The van der Waals surface area contributed by atoms with E-state index >= 15 is 0 Å². The molecule has 2 aliphatic rings. The van der Waals surface area contributed by atoms with Crippen molar-refractivity contribution in [2.24, 2.45) is 7.05 Å². The average molecular weight is 283 g/mol. The lowest BCUT2D eigenvalue weighted by atomic mass is 9.97. The van der Waals surface area contributed by atoms with E-state index in [0.717, 1.165) is 19.4 Å². The van der Waals surface area contributed by atoms with E-state index in [1.54, 1.807) is 13.2 Å². The number of halogens is 1. The molecule has 0 bridgehead atoms. The highest BCUT2D eigenvalue weighted by atomic mass is 35.5. The molecule has 0 spiro atoms. The van der Waals surface area contributed by atoms with Gasteiger partial charge in [-0.1, -0.05) is 11.6 Å². The summed E-state index contributed by atoms with van der Waals surface area (Å²) in [4.78, 5) is 14.3. The van der Waals surface area contributed by atoms with Gasteiger partial charge in [-0.15, -0.1) is 0 Å². The molecule has 2 saturated heterocycles. The van der Waals surface area contributed by atoms with Crippen molar-refractivity contribution in [2.75, 3.05) is 18.4 Å². The van der Waals surface area contributed by atoms with E-state index in [1.165, 1.54) is 24.1 Å². The molecule has 5 nitrogen and oxygen atoms in total. The molecule has 2 unspecified atom stereocenters. The molecule has 3 rings (SSSR count). The number of aryl methyl sites for hydroxylation is 1. The zero-order valence-electron chi connectivity index (χ0n) is 11.1. The van der Waals surface area contributed by atoms with Crippen LogP contribution in [0.2, 0.25) is 5.02 Å². The van der Waals surface area contributed by atoms with Crippen LogP contribution in [0, 0.1) is 0 Å². The maximum absolute atomic E-state index is 11.7. The molecule has 0 aliphatic carbocycles. The van der Waals surface area contributed by atoms with Gasteiger partial charge >= 0.3 is 0 Å². The highest BCUT2D eigenvalue weighted by Crippen LogP contribution is 2.29. The lowest BCUT2D eigenvalue weighted by Gasteiger charge is -2.35. The first-order valence-corrected chi connectivity index (χ1v) is 7.25. The van der Waals surface area contributed by atoms with E-state index in [-0.39, 0.29) is 10.6 Å². The van der Waals surface area contributed by atoms with Gasteiger partial charge in [-0.25, -0.2) is 4.68 Å². The quantitative estimate of drug-likeness (QED) is 0.893. The first kappa shape index (κ1) is 12.9. The fourth-order valence-electron chi connectivity index (χ4n) is 3.19. The molecule has 1 aromatic rings. The zero-order chi connectivity index (χ0) is 13.4. The highest BCUT2D eigenvalue weighted by molar-refractivity contribution is 6.32. The Balaban J connectivity index is 1.72. The van der Waals surface area contributed by atoms with Gasteiger partial charge < -0.3 is 10.2 Å². The molecule has 0 radical (unpaired) electrons. The monoisotopic (exact) mass is 282 g/mol. The van der Waals surface area contributed by atoms with E-state index in [0.29, 0.717) is 17.8 Å². The van der Waals surface area contributed by atoms with Crippen molar-refractivity contribution in [2.45, 2.75) is 37.8 Å². The summed E-state index contributed by atoms with van der Waals surface area (Å²) < 4.78 is 1.26.